The van der Waals surface area contributed by atoms with E-state index in [4.69, 9.17) is 0 Å². The number of nitro groups is 1. The Morgan fingerprint density at radius 3 is 2.88 bits per heavy atom. The largest absolute Gasteiger partial charge is 0.270 e. The first-order chi connectivity index (χ1) is 12.4. The van der Waals surface area contributed by atoms with Gasteiger partial charge in [-0.15, -0.1) is 11.3 Å². The van der Waals surface area contributed by atoms with Crippen molar-refractivity contribution in [2.75, 3.05) is 6.54 Å². The number of hydrogen-bond donors (Lipinski definition) is 1. The standard InChI is InChI=1S/C15H15N5O4S2/c1-11-3-4-13(20(21)22)9-14(11)26(23,24)17-7-5-12-10-25-15(18-12)19-8-2-6-16-19/h2-4,6,8-10,17H,5,7H2,1H3. The molecule has 2 heterocycles. The highest BCUT2D eigenvalue weighted by atomic mass is 32.2. The molecule has 3 rings (SSSR count). The summed E-state index contributed by atoms with van der Waals surface area (Å²) in [6.07, 6.45) is 3.82. The van der Waals surface area contributed by atoms with Gasteiger partial charge in [0.25, 0.3) is 5.69 Å². The van der Waals surface area contributed by atoms with E-state index in [9.17, 15) is 18.5 Å². The lowest BCUT2D eigenvalue weighted by Crippen LogP contribution is -2.26. The maximum atomic E-state index is 12.4. The van der Waals surface area contributed by atoms with Crippen molar-refractivity contribution in [3.8, 4) is 5.13 Å². The van der Waals surface area contributed by atoms with Gasteiger partial charge < -0.3 is 0 Å². The van der Waals surface area contributed by atoms with Crippen LogP contribution < -0.4 is 4.72 Å². The number of sulfonamides is 1. The fourth-order valence-corrected chi connectivity index (χ4v) is 4.37. The van der Waals surface area contributed by atoms with Crippen LogP contribution in [0.1, 0.15) is 11.3 Å². The predicted molar refractivity (Wildman–Crippen MR) is 96.0 cm³/mol. The summed E-state index contributed by atoms with van der Waals surface area (Å²) < 4.78 is 29.0. The summed E-state index contributed by atoms with van der Waals surface area (Å²) in [5.74, 6) is 0. The van der Waals surface area contributed by atoms with Crippen LogP contribution in [-0.4, -0.2) is 34.7 Å². The number of benzene rings is 1. The molecule has 0 saturated carbocycles. The molecule has 3 aromatic rings. The van der Waals surface area contributed by atoms with Crippen LogP contribution in [0, 0.1) is 17.0 Å². The van der Waals surface area contributed by atoms with Gasteiger partial charge in [-0.3, -0.25) is 10.1 Å². The maximum Gasteiger partial charge on any atom is 0.270 e. The first-order valence-corrected chi connectivity index (χ1v) is 9.92. The number of aromatic nitrogens is 3. The number of nitro benzene ring substituents is 1. The molecule has 0 amide bonds. The Hall–Kier alpha value is -2.63. The molecule has 0 atom stereocenters. The molecule has 0 spiro atoms. The first kappa shape index (κ1) is 18.2. The number of nitrogens with one attached hydrogen (secondary N) is 1. The Morgan fingerprint density at radius 2 is 2.19 bits per heavy atom. The second-order valence-electron chi connectivity index (χ2n) is 5.43. The molecule has 1 N–H and O–H groups in total. The molecular formula is C15H15N5O4S2. The number of non-ortho nitro benzene ring substituents is 1. The molecule has 0 radical (unpaired) electrons. The van der Waals surface area contributed by atoms with E-state index in [0.29, 0.717) is 17.1 Å². The van der Waals surface area contributed by atoms with Crippen LogP contribution in [0.15, 0.2) is 46.9 Å². The van der Waals surface area contributed by atoms with Crippen LogP contribution in [0.4, 0.5) is 5.69 Å². The van der Waals surface area contributed by atoms with Gasteiger partial charge in [-0.1, -0.05) is 6.07 Å². The van der Waals surface area contributed by atoms with Crippen molar-refractivity contribution in [2.45, 2.75) is 18.2 Å². The number of rotatable bonds is 7. The van der Waals surface area contributed by atoms with E-state index in [1.54, 1.807) is 30.1 Å². The van der Waals surface area contributed by atoms with Gasteiger partial charge in [0.05, 0.1) is 15.5 Å². The van der Waals surface area contributed by atoms with Gasteiger partial charge in [-0.25, -0.2) is 22.8 Å². The highest BCUT2D eigenvalue weighted by Gasteiger charge is 2.20. The van der Waals surface area contributed by atoms with Crippen molar-refractivity contribution in [3.63, 3.8) is 0 Å². The number of aryl methyl sites for hydroxylation is 1. The minimum absolute atomic E-state index is 0.0952. The normalized spacial score (nSPS) is 11.6. The minimum atomic E-state index is -3.85. The summed E-state index contributed by atoms with van der Waals surface area (Å²) in [5, 5.41) is 17.5. The van der Waals surface area contributed by atoms with Gasteiger partial charge in [-0.2, -0.15) is 5.10 Å². The summed E-state index contributed by atoms with van der Waals surface area (Å²) in [5.41, 5.74) is 0.913. The van der Waals surface area contributed by atoms with Crippen molar-refractivity contribution < 1.29 is 13.3 Å². The van der Waals surface area contributed by atoms with Gasteiger partial charge in [0.2, 0.25) is 15.2 Å². The third-order valence-electron chi connectivity index (χ3n) is 3.59. The van der Waals surface area contributed by atoms with Crippen LogP contribution in [-0.2, 0) is 16.4 Å². The predicted octanol–water partition coefficient (Wildman–Crippen LogP) is 2.07. The van der Waals surface area contributed by atoms with Gasteiger partial charge in [0, 0.05) is 42.9 Å². The zero-order valence-corrected chi connectivity index (χ0v) is 15.3. The molecule has 136 valence electrons. The van der Waals surface area contributed by atoms with Gasteiger partial charge in [-0.05, 0) is 18.6 Å². The SMILES string of the molecule is Cc1ccc([N+](=O)[O-])cc1S(=O)(=O)NCCc1csc(-n2cccn2)n1. The molecule has 0 fully saturated rings. The Morgan fingerprint density at radius 1 is 1.38 bits per heavy atom. The van der Waals surface area contributed by atoms with Crippen LogP contribution in [0.2, 0.25) is 0 Å². The number of hydrogen-bond acceptors (Lipinski definition) is 7. The second kappa shape index (κ2) is 7.32. The first-order valence-electron chi connectivity index (χ1n) is 7.56. The minimum Gasteiger partial charge on any atom is -0.258 e. The Balaban J connectivity index is 1.68. The van der Waals surface area contributed by atoms with Crippen LogP contribution in [0.5, 0.6) is 0 Å². The maximum absolute atomic E-state index is 12.4. The molecule has 1 aromatic carbocycles. The monoisotopic (exact) mass is 393 g/mol. The van der Waals surface area contributed by atoms with Gasteiger partial charge >= 0.3 is 0 Å². The smallest absolute Gasteiger partial charge is 0.258 e. The van der Waals surface area contributed by atoms with Crippen LogP contribution in [0.25, 0.3) is 5.13 Å². The van der Waals surface area contributed by atoms with E-state index < -0.39 is 14.9 Å². The molecule has 0 bridgehead atoms. The van der Waals surface area contributed by atoms with E-state index in [0.717, 1.165) is 11.8 Å². The summed E-state index contributed by atoms with van der Waals surface area (Å²) in [4.78, 5) is 14.5. The molecule has 0 aliphatic heterocycles. The van der Waals surface area contributed by atoms with Crippen molar-refractivity contribution in [1.29, 1.82) is 0 Å². The summed E-state index contributed by atoms with van der Waals surface area (Å²) in [6.45, 7) is 1.72. The Kier molecular flexibility index (Phi) is 5.11. The molecule has 9 nitrogen and oxygen atoms in total. The van der Waals surface area contributed by atoms with Crippen molar-refractivity contribution in [1.82, 2.24) is 19.5 Å². The van der Waals surface area contributed by atoms with Crippen LogP contribution >= 0.6 is 11.3 Å². The summed E-state index contributed by atoms with van der Waals surface area (Å²) in [6, 6.07) is 5.55. The third kappa shape index (κ3) is 3.95. The fourth-order valence-electron chi connectivity index (χ4n) is 2.28. The highest BCUT2D eigenvalue weighted by Crippen LogP contribution is 2.21. The summed E-state index contributed by atoms with van der Waals surface area (Å²) >= 11 is 1.41. The van der Waals surface area contributed by atoms with Crippen LogP contribution in [0.3, 0.4) is 0 Å². The quantitative estimate of drug-likeness (QED) is 0.485. The third-order valence-corrected chi connectivity index (χ3v) is 6.07. The van der Waals surface area contributed by atoms with E-state index >= 15 is 0 Å². The number of thiazole rings is 1. The molecular weight excluding hydrogens is 378 g/mol. The van der Waals surface area contributed by atoms with Crippen molar-refractivity contribution in [3.05, 3.63) is 63.4 Å². The molecule has 0 saturated heterocycles. The zero-order valence-electron chi connectivity index (χ0n) is 13.7. The molecule has 11 heteroatoms. The Bertz CT molecular complexity index is 1030. The summed E-state index contributed by atoms with van der Waals surface area (Å²) in [7, 11) is -3.85. The topological polar surface area (TPSA) is 120 Å². The second-order valence-corrected chi connectivity index (χ2v) is 8.00. The van der Waals surface area contributed by atoms with Crippen molar-refractivity contribution >= 4 is 27.0 Å². The average molecular weight is 393 g/mol. The molecule has 2 aromatic heterocycles. The van der Waals surface area contributed by atoms with Gasteiger partial charge in [0.15, 0.2) is 0 Å². The Labute approximate surface area is 153 Å². The molecule has 0 aliphatic carbocycles. The zero-order chi connectivity index (χ0) is 18.7. The van der Waals surface area contributed by atoms with E-state index in [1.165, 1.54) is 23.5 Å². The van der Waals surface area contributed by atoms with E-state index in [2.05, 4.69) is 14.8 Å². The lowest BCUT2D eigenvalue weighted by molar-refractivity contribution is -0.385. The fraction of sp³-hybridized carbons (Fsp3) is 0.200. The molecule has 26 heavy (non-hydrogen) atoms. The van der Waals surface area contributed by atoms with Gasteiger partial charge in [0.1, 0.15) is 0 Å². The molecule has 0 unspecified atom stereocenters. The molecule has 0 aliphatic rings. The lowest BCUT2D eigenvalue weighted by atomic mass is 10.2. The average Bonchev–Trinajstić information content (AvgIpc) is 3.26. The highest BCUT2D eigenvalue weighted by molar-refractivity contribution is 7.89. The van der Waals surface area contributed by atoms with Crippen molar-refractivity contribution in [2.24, 2.45) is 0 Å². The van der Waals surface area contributed by atoms with E-state index in [1.807, 2.05) is 5.38 Å². The number of nitrogens with zero attached hydrogens (tertiary/aromatic N) is 4. The lowest BCUT2D eigenvalue weighted by Gasteiger charge is -2.08. The van der Waals surface area contributed by atoms with E-state index in [-0.39, 0.29) is 17.1 Å².